The van der Waals surface area contributed by atoms with Crippen LogP contribution in [0.5, 0.6) is 5.75 Å². The van der Waals surface area contributed by atoms with Crippen LogP contribution in [0.25, 0.3) is 10.9 Å². The fourth-order valence-electron chi connectivity index (χ4n) is 5.70. The molecule has 1 aromatic heterocycles. The average molecular weight is 509 g/mol. The van der Waals surface area contributed by atoms with E-state index in [2.05, 4.69) is 15.6 Å². The first-order valence-electron chi connectivity index (χ1n) is 12.7. The quantitative estimate of drug-likeness (QED) is 0.371. The van der Waals surface area contributed by atoms with Gasteiger partial charge in [-0.2, -0.15) is 0 Å². The van der Waals surface area contributed by atoms with Crippen molar-refractivity contribution >= 4 is 28.6 Å². The van der Waals surface area contributed by atoms with Gasteiger partial charge in [0.1, 0.15) is 17.8 Å². The number of para-hydroxylation sites is 2. The maximum atomic E-state index is 13.7. The van der Waals surface area contributed by atoms with Gasteiger partial charge in [0.25, 0.3) is 5.91 Å². The summed E-state index contributed by atoms with van der Waals surface area (Å²) in [5, 5.41) is 6.77. The minimum absolute atomic E-state index is 0.177. The van der Waals surface area contributed by atoms with Crippen molar-refractivity contribution in [3.63, 3.8) is 0 Å². The molecule has 3 aromatic carbocycles. The number of carbonyl (C=O) groups excluding carboxylic acids is 3. The standard InChI is InChI=1S/C30H28N4O4/c1-17(28(35)31-16-18-9-3-8-14-25(18)38-2)32-29(36)24-15-22-19-10-6-7-13-23(19)33-26(22)27-20-11-4-5-12-21(20)30(37)34(24)27/h3-14,17,24,27,33H,15-16H2,1-2H3,(H,31,35)(H,32,36)/t17-,24-,27?/m0/s1. The second-order valence-electron chi connectivity index (χ2n) is 9.74. The maximum absolute atomic E-state index is 13.7. The van der Waals surface area contributed by atoms with Crippen LogP contribution in [0.4, 0.5) is 0 Å². The van der Waals surface area contributed by atoms with Crippen LogP contribution in [0, 0.1) is 0 Å². The van der Waals surface area contributed by atoms with Crippen molar-refractivity contribution in [3.8, 4) is 5.75 Å². The zero-order valence-corrected chi connectivity index (χ0v) is 21.2. The Labute approximate surface area is 220 Å². The molecule has 0 spiro atoms. The summed E-state index contributed by atoms with van der Waals surface area (Å²) in [7, 11) is 1.58. The van der Waals surface area contributed by atoms with Gasteiger partial charge in [0.15, 0.2) is 0 Å². The second kappa shape index (κ2) is 9.37. The van der Waals surface area contributed by atoms with Gasteiger partial charge in [-0.25, -0.2) is 0 Å². The van der Waals surface area contributed by atoms with E-state index in [9.17, 15) is 14.4 Å². The van der Waals surface area contributed by atoms with Crippen LogP contribution in [0.3, 0.4) is 0 Å². The number of H-pyrrole nitrogens is 1. The molecule has 0 radical (unpaired) electrons. The first kappa shape index (κ1) is 23.8. The first-order valence-corrected chi connectivity index (χ1v) is 12.7. The predicted molar refractivity (Wildman–Crippen MR) is 143 cm³/mol. The molecular formula is C30H28N4O4. The highest BCUT2D eigenvalue weighted by Gasteiger charge is 2.49. The maximum Gasteiger partial charge on any atom is 0.255 e. The number of aromatic amines is 1. The second-order valence-corrected chi connectivity index (χ2v) is 9.74. The molecule has 4 aromatic rings. The molecule has 8 nitrogen and oxygen atoms in total. The van der Waals surface area contributed by atoms with Gasteiger partial charge in [-0.05, 0) is 36.2 Å². The number of nitrogens with one attached hydrogen (secondary N) is 3. The fourth-order valence-corrected chi connectivity index (χ4v) is 5.70. The summed E-state index contributed by atoms with van der Waals surface area (Å²) in [5.74, 6) is -0.171. The third kappa shape index (κ3) is 3.80. The Hall–Kier alpha value is -4.59. The predicted octanol–water partition coefficient (Wildman–Crippen LogP) is 3.47. The van der Waals surface area contributed by atoms with Gasteiger partial charge >= 0.3 is 0 Å². The van der Waals surface area contributed by atoms with Crippen LogP contribution in [0.15, 0.2) is 72.8 Å². The van der Waals surface area contributed by atoms with Gasteiger partial charge in [0.05, 0.1) is 13.2 Å². The largest absolute Gasteiger partial charge is 0.496 e. The monoisotopic (exact) mass is 508 g/mol. The van der Waals surface area contributed by atoms with E-state index in [1.807, 2.05) is 66.7 Å². The molecule has 2 aliphatic heterocycles. The van der Waals surface area contributed by atoms with Crippen LogP contribution in [0.2, 0.25) is 0 Å². The highest BCUT2D eigenvalue weighted by Crippen LogP contribution is 2.46. The van der Waals surface area contributed by atoms with E-state index >= 15 is 0 Å². The lowest BCUT2D eigenvalue weighted by molar-refractivity contribution is -0.131. The summed E-state index contributed by atoms with van der Waals surface area (Å²) in [4.78, 5) is 45.3. The van der Waals surface area contributed by atoms with Crippen molar-refractivity contribution in [3.05, 3.63) is 101 Å². The fraction of sp³-hybridized carbons (Fsp3) is 0.233. The number of hydrogen-bond donors (Lipinski definition) is 3. The zero-order chi connectivity index (χ0) is 26.4. The Morgan fingerprint density at radius 2 is 1.79 bits per heavy atom. The summed E-state index contributed by atoms with van der Waals surface area (Å²) >= 11 is 0. The molecule has 1 unspecified atom stereocenters. The Morgan fingerprint density at radius 3 is 2.63 bits per heavy atom. The molecular weight excluding hydrogens is 480 g/mol. The highest BCUT2D eigenvalue weighted by atomic mass is 16.5. The summed E-state index contributed by atoms with van der Waals surface area (Å²) in [6.07, 6.45) is 0.358. The van der Waals surface area contributed by atoms with Crippen molar-refractivity contribution < 1.29 is 19.1 Å². The number of hydrogen-bond acceptors (Lipinski definition) is 4. The number of ether oxygens (including phenoxy) is 1. The molecule has 192 valence electrons. The van der Waals surface area contributed by atoms with Gasteiger partial charge in [-0.3, -0.25) is 14.4 Å². The topological polar surface area (TPSA) is 104 Å². The van der Waals surface area contributed by atoms with E-state index in [4.69, 9.17) is 4.74 Å². The molecule has 3 amide bonds. The smallest absolute Gasteiger partial charge is 0.255 e. The third-order valence-corrected chi connectivity index (χ3v) is 7.55. The van der Waals surface area contributed by atoms with Crippen molar-refractivity contribution in [2.24, 2.45) is 0 Å². The van der Waals surface area contributed by atoms with Gasteiger partial charge < -0.3 is 25.3 Å². The molecule has 0 saturated carbocycles. The van der Waals surface area contributed by atoms with Crippen LogP contribution >= 0.6 is 0 Å². The van der Waals surface area contributed by atoms with E-state index in [0.717, 1.165) is 33.3 Å². The summed E-state index contributed by atoms with van der Waals surface area (Å²) in [5.41, 5.74) is 5.26. The number of nitrogens with zero attached hydrogens (tertiary/aromatic N) is 1. The van der Waals surface area contributed by atoms with Crippen LogP contribution in [-0.2, 0) is 22.6 Å². The molecule has 3 atom stereocenters. The van der Waals surface area contributed by atoms with Crippen molar-refractivity contribution in [1.29, 1.82) is 0 Å². The third-order valence-electron chi connectivity index (χ3n) is 7.55. The van der Waals surface area contributed by atoms with Crippen LogP contribution in [0.1, 0.15) is 45.7 Å². The molecule has 38 heavy (non-hydrogen) atoms. The molecule has 3 heterocycles. The van der Waals surface area contributed by atoms with E-state index in [1.54, 1.807) is 25.0 Å². The van der Waals surface area contributed by atoms with E-state index in [0.29, 0.717) is 17.7 Å². The Morgan fingerprint density at radius 1 is 1.05 bits per heavy atom. The van der Waals surface area contributed by atoms with Crippen LogP contribution in [-0.4, -0.2) is 46.8 Å². The number of carbonyl (C=O) groups is 3. The number of fused-ring (bicyclic) bond motifs is 7. The average Bonchev–Trinajstić information content (AvgIpc) is 3.46. The molecule has 6 rings (SSSR count). The minimum Gasteiger partial charge on any atom is -0.496 e. The van der Waals surface area contributed by atoms with Crippen molar-refractivity contribution in [2.45, 2.75) is 38.0 Å². The summed E-state index contributed by atoms with van der Waals surface area (Å²) in [6, 6.07) is 21.0. The lowest BCUT2D eigenvalue weighted by atomic mass is 9.90. The molecule has 0 aliphatic carbocycles. The minimum atomic E-state index is -0.792. The summed E-state index contributed by atoms with van der Waals surface area (Å²) < 4.78 is 5.35. The number of rotatable bonds is 6. The van der Waals surface area contributed by atoms with E-state index < -0.39 is 12.1 Å². The SMILES string of the molecule is COc1ccccc1CNC(=O)[C@H](C)NC(=O)[C@@H]1Cc2c([nH]c3ccccc23)C2c3ccccc3C(=O)N21. The Balaban J connectivity index is 1.26. The normalized spacial score (nSPS) is 18.4. The molecule has 8 heteroatoms. The Bertz CT molecular complexity index is 1580. The molecule has 0 fully saturated rings. The molecule has 2 aliphatic rings. The van der Waals surface area contributed by atoms with Crippen molar-refractivity contribution in [1.82, 2.24) is 20.5 Å². The number of benzene rings is 3. The number of aromatic nitrogens is 1. The van der Waals surface area contributed by atoms with E-state index in [-0.39, 0.29) is 30.3 Å². The van der Waals surface area contributed by atoms with E-state index in [1.165, 1.54) is 0 Å². The molecule has 0 saturated heterocycles. The molecule has 0 bridgehead atoms. The van der Waals surface area contributed by atoms with Gasteiger partial charge in [0, 0.05) is 40.7 Å². The molecule has 3 N–H and O–H groups in total. The number of methoxy groups -OCH3 is 1. The van der Waals surface area contributed by atoms with Crippen LogP contribution < -0.4 is 15.4 Å². The first-order chi connectivity index (χ1) is 18.5. The van der Waals surface area contributed by atoms with Gasteiger partial charge in [-0.15, -0.1) is 0 Å². The van der Waals surface area contributed by atoms with Gasteiger partial charge in [-0.1, -0.05) is 54.6 Å². The number of amides is 3. The van der Waals surface area contributed by atoms with Crippen molar-refractivity contribution in [2.75, 3.05) is 7.11 Å². The Kier molecular flexibility index (Phi) is 5.87. The zero-order valence-electron chi connectivity index (χ0n) is 21.2. The lowest BCUT2D eigenvalue weighted by Gasteiger charge is -2.37. The summed E-state index contributed by atoms with van der Waals surface area (Å²) in [6.45, 7) is 1.92. The van der Waals surface area contributed by atoms with Gasteiger partial charge in [0.2, 0.25) is 11.8 Å². The highest BCUT2D eigenvalue weighted by molar-refractivity contribution is 6.04. The lowest BCUT2D eigenvalue weighted by Crippen LogP contribution is -2.55.